The van der Waals surface area contributed by atoms with E-state index in [0.717, 1.165) is 23.9 Å². The van der Waals surface area contributed by atoms with Crippen LogP contribution in [0.4, 0.5) is 0 Å². The zero-order valence-electron chi connectivity index (χ0n) is 10.5. The molecule has 1 saturated carbocycles. The number of nitrogens with zero attached hydrogens (tertiary/aromatic N) is 1. The summed E-state index contributed by atoms with van der Waals surface area (Å²) in [5.41, 5.74) is 0. The van der Waals surface area contributed by atoms with Crippen LogP contribution in [0.1, 0.15) is 39.5 Å². The highest BCUT2D eigenvalue weighted by Gasteiger charge is 2.32. The predicted octanol–water partition coefficient (Wildman–Crippen LogP) is 2.10. The van der Waals surface area contributed by atoms with E-state index in [4.69, 9.17) is 0 Å². The minimum Gasteiger partial charge on any atom is -0.315 e. The van der Waals surface area contributed by atoms with Crippen molar-refractivity contribution in [2.24, 2.45) is 11.8 Å². The summed E-state index contributed by atoms with van der Waals surface area (Å²) in [5, 5.41) is 3.48. The molecule has 0 radical (unpaired) electrons. The Morgan fingerprint density at radius 3 is 2.60 bits per heavy atom. The van der Waals surface area contributed by atoms with E-state index in [1.54, 1.807) is 0 Å². The third kappa shape index (κ3) is 2.54. The lowest BCUT2D eigenvalue weighted by atomic mass is 9.79. The summed E-state index contributed by atoms with van der Waals surface area (Å²) in [7, 11) is 2.34. The molecular weight excluding hydrogens is 184 g/mol. The standard InChI is InChI=1S/C13H26N2/c1-10-4-5-11(2)13(8-10)15(3)12-6-7-14-9-12/h10-14H,4-9H2,1-3H3. The molecule has 1 aliphatic carbocycles. The Bertz CT molecular complexity index is 199. The van der Waals surface area contributed by atoms with Crippen LogP contribution < -0.4 is 5.32 Å². The zero-order valence-corrected chi connectivity index (χ0v) is 10.5. The van der Waals surface area contributed by atoms with Gasteiger partial charge in [0.05, 0.1) is 0 Å². The normalized spacial score (nSPS) is 42.4. The van der Waals surface area contributed by atoms with Crippen molar-refractivity contribution in [3.63, 3.8) is 0 Å². The smallest absolute Gasteiger partial charge is 0.0232 e. The Hall–Kier alpha value is -0.0800. The number of likely N-dealkylation sites (N-methyl/N-ethyl adjacent to an activating group) is 1. The molecule has 1 aliphatic heterocycles. The Kier molecular flexibility index (Phi) is 3.68. The van der Waals surface area contributed by atoms with Crippen LogP contribution in [-0.4, -0.2) is 37.1 Å². The number of rotatable bonds is 2. The van der Waals surface area contributed by atoms with Gasteiger partial charge in [-0.25, -0.2) is 0 Å². The highest BCUT2D eigenvalue weighted by molar-refractivity contribution is 4.88. The Balaban J connectivity index is 1.94. The van der Waals surface area contributed by atoms with Gasteiger partial charge < -0.3 is 5.32 Å². The maximum absolute atomic E-state index is 3.48. The van der Waals surface area contributed by atoms with Gasteiger partial charge in [-0.15, -0.1) is 0 Å². The van der Waals surface area contributed by atoms with Crippen molar-refractivity contribution < 1.29 is 0 Å². The van der Waals surface area contributed by atoms with Gasteiger partial charge in [-0.1, -0.05) is 20.3 Å². The molecule has 2 fully saturated rings. The topological polar surface area (TPSA) is 15.3 Å². The maximum atomic E-state index is 3.48. The van der Waals surface area contributed by atoms with E-state index < -0.39 is 0 Å². The van der Waals surface area contributed by atoms with Gasteiger partial charge in [0.15, 0.2) is 0 Å². The van der Waals surface area contributed by atoms with E-state index in [-0.39, 0.29) is 0 Å². The second-order valence-electron chi connectivity index (χ2n) is 5.77. The molecule has 0 spiro atoms. The SMILES string of the molecule is CC1CCC(C)C(N(C)C2CCNC2)C1. The fourth-order valence-electron chi connectivity index (χ4n) is 3.33. The fraction of sp³-hybridized carbons (Fsp3) is 1.00. The molecule has 0 amide bonds. The summed E-state index contributed by atoms with van der Waals surface area (Å²) < 4.78 is 0. The second-order valence-corrected chi connectivity index (χ2v) is 5.77. The van der Waals surface area contributed by atoms with Crippen LogP contribution in [0.25, 0.3) is 0 Å². The molecule has 0 aromatic heterocycles. The quantitative estimate of drug-likeness (QED) is 0.751. The lowest BCUT2D eigenvalue weighted by molar-refractivity contribution is 0.0838. The summed E-state index contributed by atoms with van der Waals surface area (Å²) in [4.78, 5) is 2.67. The van der Waals surface area contributed by atoms with Crippen LogP contribution in [0.3, 0.4) is 0 Å². The van der Waals surface area contributed by atoms with Gasteiger partial charge in [-0.2, -0.15) is 0 Å². The predicted molar refractivity (Wildman–Crippen MR) is 65.0 cm³/mol. The molecule has 0 aromatic carbocycles. The molecule has 2 heteroatoms. The first-order valence-corrected chi connectivity index (χ1v) is 6.61. The van der Waals surface area contributed by atoms with Crippen LogP contribution in [0, 0.1) is 11.8 Å². The fourth-order valence-corrected chi connectivity index (χ4v) is 3.33. The minimum atomic E-state index is 0.794. The van der Waals surface area contributed by atoms with Crippen molar-refractivity contribution in [2.75, 3.05) is 20.1 Å². The van der Waals surface area contributed by atoms with Gasteiger partial charge in [0.25, 0.3) is 0 Å². The van der Waals surface area contributed by atoms with E-state index >= 15 is 0 Å². The van der Waals surface area contributed by atoms with Crippen molar-refractivity contribution in [3.05, 3.63) is 0 Å². The summed E-state index contributed by atoms with van der Waals surface area (Å²) in [6, 6.07) is 1.63. The van der Waals surface area contributed by atoms with Crippen LogP contribution in [-0.2, 0) is 0 Å². The molecule has 2 nitrogen and oxygen atoms in total. The first-order chi connectivity index (χ1) is 7.18. The largest absolute Gasteiger partial charge is 0.315 e. The van der Waals surface area contributed by atoms with Gasteiger partial charge in [-0.3, -0.25) is 4.90 Å². The van der Waals surface area contributed by atoms with E-state index in [9.17, 15) is 0 Å². The van der Waals surface area contributed by atoms with Gasteiger partial charge in [0.2, 0.25) is 0 Å². The average Bonchev–Trinajstić information content (AvgIpc) is 2.74. The van der Waals surface area contributed by atoms with Crippen molar-refractivity contribution in [1.82, 2.24) is 10.2 Å². The van der Waals surface area contributed by atoms with Crippen LogP contribution >= 0.6 is 0 Å². The second kappa shape index (κ2) is 4.84. The lowest BCUT2D eigenvalue weighted by Crippen LogP contribution is -2.47. The molecule has 88 valence electrons. The first-order valence-electron chi connectivity index (χ1n) is 6.61. The van der Waals surface area contributed by atoms with Crippen LogP contribution in [0.5, 0.6) is 0 Å². The van der Waals surface area contributed by atoms with E-state index in [1.165, 1.54) is 38.8 Å². The first kappa shape index (κ1) is 11.4. The highest BCUT2D eigenvalue weighted by Crippen LogP contribution is 2.32. The van der Waals surface area contributed by atoms with Gasteiger partial charge in [-0.05, 0) is 44.7 Å². The summed E-state index contributed by atoms with van der Waals surface area (Å²) in [5.74, 6) is 1.83. The average molecular weight is 210 g/mol. The van der Waals surface area contributed by atoms with E-state index in [2.05, 4.69) is 31.1 Å². The maximum Gasteiger partial charge on any atom is 0.0232 e. The highest BCUT2D eigenvalue weighted by atomic mass is 15.2. The Morgan fingerprint density at radius 1 is 1.13 bits per heavy atom. The molecule has 4 atom stereocenters. The number of hydrogen-bond donors (Lipinski definition) is 1. The van der Waals surface area contributed by atoms with Crippen molar-refractivity contribution in [2.45, 2.75) is 51.6 Å². The molecular formula is C13H26N2. The molecule has 1 N–H and O–H groups in total. The zero-order chi connectivity index (χ0) is 10.8. The summed E-state index contributed by atoms with van der Waals surface area (Å²) in [6.45, 7) is 7.27. The van der Waals surface area contributed by atoms with Gasteiger partial charge >= 0.3 is 0 Å². The molecule has 1 heterocycles. The number of hydrogen-bond acceptors (Lipinski definition) is 2. The molecule has 15 heavy (non-hydrogen) atoms. The molecule has 4 unspecified atom stereocenters. The summed E-state index contributed by atoms with van der Waals surface area (Å²) >= 11 is 0. The van der Waals surface area contributed by atoms with Crippen molar-refractivity contribution >= 4 is 0 Å². The van der Waals surface area contributed by atoms with E-state index in [0.29, 0.717) is 0 Å². The van der Waals surface area contributed by atoms with Gasteiger partial charge in [0, 0.05) is 18.6 Å². The van der Waals surface area contributed by atoms with Crippen molar-refractivity contribution in [1.29, 1.82) is 0 Å². The third-order valence-corrected chi connectivity index (χ3v) is 4.55. The molecule has 2 rings (SSSR count). The molecule has 0 bridgehead atoms. The Labute approximate surface area is 94.4 Å². The van der Waals surface area contributed by atoms with Gasteiger partial charge in [0.1, 0.15) is 0 Å². The lowest BCUT2D eigenvalue weighted by Gasteiger charge is -2.41. The van der Waals surface area contributed by atoms with E-state index in [1.807, 2.05) is 0 Å². The van der Waals surface area contributed by atoms with Crippen LogP contribution in [0.15, 0.2) is 0 Å². The summed E-state index contributed by atoms with van der Waals surface area (Å²) in [6.07, 6.45) is 5.62. The van der Waals surface area contributed by atoms with Crippen molar-refractivity contribution in [3.8, 4) is 0 Å². The molecule has 1 saturated heterocycles. The number of nitrogens with one attached hydrogen (secondary N) is 1. The molecule has 0 aromatic rings. The third-order valence-electron chi connectivity index (χ3n) is 4.55. The van der Waals surface area contributed by atoms with Crippen LogP contribution in [0.2, 0.25) is 0 Å². The monoisotopic (exact) mass is 210 g/mol. The molecule has 2 aliphatic rings. The Morgan fingerprint density at radius 2 is 1.93 bits per heavy atom. The minimum absolute atomic E-state index is 0.794.